The van der Waals surface area contributed by atoms with Crippen LogP contribution in [0.5, 0.6) is 0 Å². The molecule has 1 aliphatic rings. The second kappa shape index (κ2) is 10.9. The van der Waals surface area contributed by atoms with Gasteiger partial charge in [-0.05, 0) is 50.1 Å². The summed E-state index contributed by atoms with van der Waals surface area (Å²) in [4.78, 5) is 4.38. The Hall–Kier alpha value is -2.14. The monoisotopic (exact) mass is 397 g/mol. The molecular formula is C19H30F2N5P. The number of hydrogen-bond acceptors (Lipinski definition) is 5. The first-order valence-corrected chi connectivity index (χ1v) is 9.37. The molecule has 0 saturated heterocycles. The second-order valence-corrected chi connectivity index (χ2v) is 7.16. The predicted molar refractivity (Wildman–Crippen MR) is 113 cm³/mol. The van der Waals surface area contributed by atoms with Crippen LogP contribution in [0.15, 0.2) is 63.9 Å². The quantitative estimate of drug-likeness (QED) is 0.259. The lowest BCUT2D eigenvalue weighted by molar-refractivity contribution is 0.0945. The SMILES string of the molecule is C=C(NCC)C1=C(C=NC/C(N)=C/C(C)=C(\N)CCC(F)(F)P)CC=CN1. The van der Waals surface area contributed by atoms with Crippen LogP contribution in [0.3, 0.4) is 0 Å². The normalized spacial score (nSPS) is 16.4. The van der Waals surface area contributed by atoms with E-state index >= 15 is 0 Å². The molecule has 0 aromatic heterocycles. The molecule has 0 radical (unpaired) electrons. The number of alkyl halides is 2. The molecule has 0 amide bonds. The number of aliphatic imine (C=N–C) groups is 1. The number of hydrogen-bond donors (Lipinski definition) is 4. The average Bonchev–Trinajstić information content (AvgIpc) is 2.59. The van der Waals surface area contributed by atoms with E-state index in [4.69, 9.17) is 11.5 Å². The number of dihydropyridines is 1. The lowest BCUT2D eigenvalue weighted by atomic mass is 10.1. The van der Waals surface area contributed by atoms with Crippen molar-refractivity contribution in [3.05, 3.63) is 58.9 Å². The summed E-state index contributed by atoms with van der Waals surface area (Å²) in [6, 6.07) is 0. The van der Waals surface area contributed by atoms with Gasteiger partial charge in [0, 0.05) is 30.6 Å². The highest BCUT2D eigenvalue weighted by molar-refractivity contribution is 7.18. The highest BCUT2D eigenvalue weighted by Crippen LogP contribution is 2.29. The molecule has 0 aromatic rings. The molecule has 8 heteroatoms. The minimum atomic E-state index is -2.81. The van der Waals surface area contributed by atoms with Crippen molar-refractivity contribution < 1.29 is 8.78 Å². The Morgan fingerprint density at radius 2 is 2.19 bits per heavy atom. The van der Waals surface area contributed by atoms with Crippen molar-refractivity contribution >= 4 is 15.5 Å². The van der Waals surface area contributed by atoms with Gasteiger partial charge in [-0.15, -0.1) is 0 Å². The van der Waals surface area contributed by atoms with Crippen molar-refractivity contribution in [2.45, 2.75) is 38.8 Å². The fourth-order valence-electron chi connectivity index (χ4n) is 2.40. The van der Waals surface area contributed by atoms with Crippen molar-refractivity contribution in [1.29, 1.82) is 0 Å². The Balaban J connectivity index is 2.74. The van der Waals surface area contributed by atoms with Crippen LogP contribution in [-0.4, -0.2) is 25.0 Å². The molecule has 0 aromatic carbocycles. The third-order valence-corrected chi connectivity index (χ3v) is 4.14. The van der Waals surface area contributed by atoms with Crippen LogP contribution in [-0.2, 0) is 0 Å². The maximum Gasteiger partial charge on any atom is 0.259 e. The van der Waals surface area contributed by atoms with Gasteiger partial charge in [-0.2, -0.15) is 0 Å². The van der Waals surface area contributed by atoms with Gasteiger partial charge < -0.3 is 22.1 Å². The molecule has 150 valence electrons. The zero-order chi connectivity index (χ0) is 20.4. The van der Waals surface area contributed by atoms with Gasteiger partial charge in [-0.3, -0.25) is 4.99 Å². The van der Waals surface area contributed by atoms with E-state index < -0.39 is 5.66 Å². The summed E-state index contributed by atoms with van der Waals surface area (Å²) < 4.78 is 25.8. The van der Waals surface area contributed by atoms with E-state index in [0.717, 1.165) is 29.9 Å². The Kier molecular flexibility index (Phi) is 9.22. The molecule has 1 aliphatic heterocycles. The molecule has 0 spiro atoms. The fraction of sp³-hybridized carbons (Fsp3) is 0.421. The van der Waals surface area contributed by atoms with Gasteiger partial charge in [0.2, 0.25) is 0 Å². The van der Waals surface area contributed by atoms with Gasteiger partial charge in [-0.1, -0.05) is 21.9 Å². The first-order chi connectivity index (χ1) is 12.6. The molecule has 6 N–H and O–H groups in total. The molecule has 1 atom stereocenters. The van der Waals surface area contributed by atoms with E-state index in [1.807, 2.05) is 19.2 Å². The standard InChI is InChI=1S/C19H30F2N5P/c1-4-25-14(3)18-15(6-5-9-26-18)11-24-12-16(22)10-13(2)17(23)7-8-19(20,21)27/h5,9-11,25-26H,3-4,6-8,12,22-23,27H2,1-2H3/b16-10-,17-13-,24-11?. The van der Waals surface area contributed by atoms with Crippen molar-refractivity contribution in [2.24, 2.45) is 16.5 Å². The Morgan fingerprint density at radius 1 is 1.48 bits per heavy atom. The Morgan fingerprint density at radius 3 is 2.81 bits per heavy atom. The molecule has 0 fully saturated rings. The van der Waals surface area contributed by atoms with E-state index in [-0.39, 0.29) is 12.8 Å². The van der Waals surface area contributed by atoms with Gasteiger partial charge in [0.1, 0.15) is 0 Å². The van der Waals surface area contributed by atoms with Gasteiger partial charge >= 0.3 is 0 Å². The van der Waals surface area contributed by atoms with Crippen molar-refractivity contribution in [2.75, 3.05) is 13.1 Å². The number of nitrogens with zero attached hydrogens (tertiary/aromatic N) is 1. The van der Waals surface area contributed by atoms with E-state index in [1.165, 1.54) is 9.24 Å². The van der Waals surface area contributed by atoms with Crippen LogP contribution in [0, 0.1) is 0 Å². The predicted octanol–water partition coefficient (Wildman–Crippen LogP) is 3.26. The molecular weight excluding hydrogens is 367 g/mol. The number of nitrogens with one attached hydrogen (secondary N) is 2. The van der Waals surface area contributed by atoms with Crippen LogP contribution in [0.1, 0.15) is 33.1 Å². The number of likely N-dealkylation sites (N-methyl/N-ethyl adjacent to an activating group) is 1. The maximum absolute atomic E-state index is 12.9. The molecule has 27 heavy (non-hydrogen) atoms. The summed E-state index contributed by atoms with van der Waals surface area (Å²) >= 11 is 0. The van der Waals surface area contributed by atoms with Gasteiger partial charge in [-0.25, -0.2) is 8.78 Å². The lowest BCUT2D eigenvalue weighted by Crippen LogP contribution is -2.23. The smallest absolute Gasteiger partial charge is 0.259 e. The van der Waals surface area contributed by atoms with Crippen LogP contribution >= 0.6 is 9.24 Å². The number of halogens is 2. The molecule has 1 unspecified atom stereocenters. The third kappa shape index (κ3) is 8.87. The molecule has 1 heterocycles. The first kappa shape index (κ1) is 22.9. The van der Waals surface area contributed by atoms with E-state index in [1.54, 1.807) is 19.2 Å². The maximum atomic E-state index is 12.9. The van der Waals surface area contributed by atoms with E-state index in [2.05, 4.69) is 22.2 Å². The van der Waals surface area contributed by atoms with Crippen molar-refractivity contribution in [1.82, 2.24) is 10.6 Å². The molecule has 0 saturated carbocycles. The van der Waals surface area contributed by atoms with E-state index in [9.17, 15) is 8.78 Å². The summed E-state index contributed by atoms with van der Waals surface area (Å²) in [7, 11) is 1.52. The van der Waals surface area contributed by atoms with Gasteiger partial charge in [0.15, 0.2) is 0 Å². The number of rotatable bonds is 10. The molecule has 0 aliphatic carbocycles. The summed E-state index contributed by atoms with van der Waals surface area (Å²) in [5.74, 6) is 0. The Bertz CT molecular complexity index is 685. The summed E-state index contributed by atoms with van der Waals surface area (Å²) in [6.07, 6.45) is 7.86. The molecule has 1 rings (SSSR count). The zero-order valence-electron chi connectivity index (χ0n) is 16.0. The van der Waals surface area contributed by atoms with Crippen LogP contribution in [0.4, 0.5) is 8.78 Å². The summed E-state index contributed by atoms with van der Waals surface area (Å²) in [6.45, 7) is 8.85. The summed E-state index contributed by atoms with van der Waals surface area (Å²) in [5.41, 5.74) is 13.3. The molecule has 0 bridgehead atoms. The Labute approximate surface area is 162 Å². The largest absolute Gasteiger partial charge is 0.402 e. The lowest BCUT2D eigenvalue weighted by Gasteiger charge is -2.18. The van der Waals surface area contributed by atoms with Crippen LogP contribution in [0.2, 0.25) is 0 Å². The van der Waals surface area contributed by atoms with Crippen molar-refractivity contribution in [3.63, 3.8) is 0 Å². The third-order valence-electron chi connectivity index (χ3n) is 3.85. The summed E-state index contributed by atoms with van der Waals surface area (Å²) in [5, 5.41) is 6.36. The second-order valence-electron chi connectivity index (χ2n) is 6.32. The highest BCUT2D eigenvalue weighted by Gasteiger charge is 2.20. The van der Waals surface area contributed by atoms with Crippen molar-refractivity contribution in [3.8, 4) is 0 Å². The number of allylic oxidation sites excluding steroid dienone is 5. The number of nitrogens with two attached hydrogens (primary N) is 2. The minimum Gasteiger partial charge on any atom is -0.402 e. The van der Waals surface area contributed by atoms with E-state index in [0.29, 0.717) is 23.5 Å². The fourth-order valence-corrected chi connectivity index (χ4v) is 2.54. The average molecular weight is 397 g/mol. The first-order valence-electron chi connectivity index (χ1n) is 8.79. The van der Waals surface area contributed by atoms with Gasteiger partial charge in [0.05, 0.1) is 17.9 Å². The topological polar surface area (TPSA) is 88.5 Å². The highest BCUT2D eigenvalue weighted by atomic mass is 31.0. The minimum absolute atomic E-state index is 0.107. The van der Waals surface area contributed by atoms with Crippen LogP contribution < -0.4 is 22.1 Å². The zero-order valence-corrected chi connectivity index (χ0v) is 17.1. The van der Waals surface area contributed by atoms with Crippen LogP contribution in [0.25, 0.3) is 0 Å². The van der Waals surface area contributed by atoms with Gasteiger partial charge in [0.25, 0.3) is 5.66 Å². The molecule has 5 nitrogen and oxygen atoms in total.